The van der Waals surface area contributed by atoms with E-state index in [0.717, 1.165) is 5.56 Å². The summed E-state index contributed by atoms with van der Waals surface area (Å²) in [6.07, 6.45) is 0.722. The van der Waals surface area contributed by atoms with Crippen LogP contribution in [0.4, 0.5) is 5.69 Å². The number of carbonyl (C=O) groups excluding carboxylic acids is 1. The number of aryl methyl sites for hydroxylation is 1. The molecule has 0 unspecified atom stereocenters. The molecular formula is C13H16N2O4. The second-order valence-corrected chi connectivity index (χ2v) is 4.02. The summed E-state index contributed by atoms with van der Waals surface area (Å²) in [6.45, 7) is 7.08. The van der Waals surface area contributed by atoms with Crippen molar-refractivity contribution in [1.82, 2.24) is 5.32 Å². The molecule has 0 aliphatic rings. The SMILES string of the molecule is C=CCNC(=O)[C@@H](C)Oc1ccc(C)cc1[N+](=O)[O-]. The van der Waals surface area contributed by atoms with E-state index < -0.39 is 11.0 Å². The summed E-state index contributed by atoms with van der Waals surface area (Å²) < 4.78 is 5.33. The lowest BCUT2D eigenvalue weighted by atomic mass is 10.2. The zero-order valence-electron chi connectivity index (χ0n) is 10.9. The van der Waals surface area contributed by atoms with Crippen molar-refractivity contribution in [3.8, 4) is 5.75 Å². The van der Waals surface area contributed by atoms with Crippen LogP contribution in [0.2, 0.25) is 0 Å². The Morgan fingerprint density at radius 1 is 1.63 bits per heavy atom. The van der Waals surface area contributed by atoms with E-state index in [-0.39, 0.29) is 17.3 Å². The number of nitrogens with zero attached hydrogens (tertiary/aromatic N) is 1. The fraction of sp³-hybridized carbons (Fsp3) is 0.308. The number of rotatable bonds is 6. The van der Waals surface area contributed by atoms with Gasteiger partial charge in [-0.25, -0.2) is 0 Å². The van der Waals surface area contributed by atoms with Gasteiger partial charge in [-0.2, -0.15) is 0 Å². The molecule has 1 aromatic rings. The van der Waals surface area contributed by atoms with E-state index >= 15 is 0 Å². The molecular weight excluding hydrogens is 248 g/mol. The van der Waals surface area contributed by atoms with Gasteiger partial charge in [-0.15, -0.1) is 6.58 Å². The number of nitro benzene ring substituents is 1. The molecule has 0 aromatic heterocycles. The standard InChI is InChI=1S/C13H16N2O4/c1-4-7-14-13(16)10(3)19-12-6-5-9(2)8-11(12)15(17)18/h4-6,8,10H,1,7H2,2-3H3,(H,14,16)/t10-/m1/s1. The Morgan fingerprint density at radius 2 is 2.32 bits per heavy atom. The quantitative estimate of drug-likeness (QED) is 0.484. The van der Waals surface area contributed by atoms with Gasteiger partial charge >= 0.3 is 5.69 Å². The van der Waals surface area contributed by atoms with Crippen LogP contribution in [0.15, 0.2) is 30.9 Å². The van der Waals surface area contributed by atoms with Crippen LogP contribution in [0.5, 0.6) is 5.75 Å². The third-order valence-corrected chi connectivity index (χ3v) is 2.40. The van der Waals surface area contributed by atoms with Crippen molar-refractivity contribution in [2.45, 2.75) is 20.0 Å². The van der Waals surface area contributed by atoms with Gasteiger partial charge in [-0.05, 0) is 25.5 Å². The number of ether oxygens (including phenoxy) is 1. The smallest absolute Gasteiger partial charge is 0.311 e. The summed E-state index contributed by atoms with van der Waals surface area (Å²) in [6, 6.07) is 4.59. The average Bonchev–Trinajstić information content (AvgIpc) is 2.37. The first-order valence-electron chi connectivity index (χ1n) is 5.76. The maximum Gasteiger partial charge on any atom is 0.311 e. The normalized spacial score (nSPS) is 11.5. The van der Waals surface area contributed by atoms with Crippen LogP contribution >= 0.6 is 0 Å². The van der Waals surface area contributed by atoms with Gasteiger partial charge in [0.15, 0.2) is 11.9 Å². The molecule has 6 nitrogen and oxygen atoms in total. The number of hydrogen-bond acceptors (Lipinski definition) is 4. The minimum absolute atomic E-state index is 0.0804. The molecule has 0 saturated heterocycles. The van der Waals surface area contributed by atoms with E-state index in [1.54, 1.807) is 19.1 Å². The van der Waals surface area contributed by atoms with Crippen LogP contribution in [-0.2, 0) is 4.79 Å². The number of nitrogens with one attached hydrogen (secondary N) is 1. The molecule has 0 saturated carbocycles. The number of carbonyl (C=O) groups is 1. The summed E-state index contributed by atoms with van der Waals surface area (Å²) in [5, 5.41) is 13.5. The number of nitro groups is 1. The zero-order valence-corrected chi connectivity index (χ0v) is 10.9. The molecule has 0 heterocycles. The van der Waals surface area contributed by atoms with E-state index in [1.807, 2.05) is 0 Å². The Hall–Kier alpha value is -2.37. The number of hydrogen-bond donors (Lipinski definition) is 1. The van der Waals surface area contributed by atoms with Crippen molar-refractivity contribution >= 4 is 11.6 Å². The highest BCUT2D eigenvalue weighted by Crippen LogP contribution is 2.28. The van der Waals surface area contributed by atoms with E-state index in [4.69, 9.17) is 4.74 Å². The highest BCUT2D eigenvalue weighted by atomic mass is 16.6. The first-order chi connectivity index (χ1) is 8.95. The maximum atomic E-state index is 11.6. The van der Waals surface area contributed by atoms with E-state index in [2.05, 4.69) is 11.9 Å². The number of benzene rings is 1. The third-order valence-electron chi connectivity index (χ3n) is 2.40. The Kier molecular flexibility index (Phi) is 5.05. The highest BCUT2D eigenvalue weighted by molar-refractivity contribution is 5.81. The molecule has 19 heavy (non-hydrogen) atoms. The summed E-state index contributed by atoms with van der Waals surface area (Å²) in [4.78, 5) is 22.0. The van der Waals surface area contributed by atoms with Gasteiger partial charge in [0.05, 0.1) is 4.92 Å². The fourth-order valence-electron chi connectivity index (χ4n) is 1.43. The molecule has 1 amide bonds. The van der Waals surface area contributed by atoms with Crippen molar-refractivity contribution in [3.63, 3.8) is 0 Å². The Labute approximate surface area is 111 Å². The maximum absolute atomic E-state index is 11.6. The lowest BCUT2D eigenvalue weighted by Crippen LogP contribution is -2.36. The van der Waals surface area contributed by atoms with Crippen molar-refractivity contribution in [2.24, 2.45) is 0 Å². The van der Waals surface area contributed by atoms with Crippen LogP contribution in [0.1, 0.15) is 12.5 Å². The molecule has 1 N–H and O–H groups in total. The molecule has 0 spiro atoms. The molecule has 0 radical (unpaired) electrons. The van der Waals surface area contributed by atoms with E-state index in [0.29, 0.717) is 6.54 Å². The Morgan fingerprint density at radius 3 is 2.89 bits per heavy atom. The van der Waals surface area contributed by atoms with E-state index in [1.165, 1.54) is 19.1 Å². The minimum Gasteiger partial charge on any atom is -0.474 e. The molecule has 1 rings (SSSR count). The van der Waals surface area contributed by atoms with Crippen molar-refractivity contribution in [3.05, 3.63) is 46.5 Å². The van der Waals surface area contributed by atoms with Crippen LogP contribution in [-0.4, -0.2) is 23.5 Å². The van der Waals surface area contributed by atoms with Crippen molar-refractivity contribution in [2.75, 3.05) is 6.54 Å². The van der Waals surface area contributed by atoms with Gasteiger partial charge in [0.2, 0.25) is 0 Å². The van der Waals surface area contributed by atoms with Crippen LogP contribution in [0.25, 0.3) is 0 Å². The molecule has 1 aromatic carbocycles. The zero-order chi connectivity index (χ0) is 14.4. The van der Waals surface area contributed by atoms with Gasteiger partial charge in [-0.1, -0.05) is 12.1 Å². The summed E-state index contributed by atoms with van der Waals surface area (Å²) in [7, 11) is 0. The first kappa shape index (κ1) is 14.7. The molecule has 0 fully saturated rings. The Bertz CT molecular complexity index is 499. The Balaban J connectivity index is 2.84. The topological polar surface area (TPSA) is 81.5 Å². The van der Waals surface area contributed by atoms with Gasteiger partial charge in [0.25, 0.3) is 5.91 Å². The van der Waals surface area contributed by atoms with Gasteiger partial charge in [0, 0.05) is 12.6 Å². The second kappa shape index (κ2) is 6.53. The van der Waals surface area contributed by atoms with Crippen LogP contribution < -0.4 is 10.1 Å². The molecule has 0 aliphatic carbocycles. The van der Waals surface area contributed by atoms with E-state index in [9.17, 15) is 14.9 Å². The summed E-state index contributed by atoms with van der Waals surface area (Å²) in [5.41, 5.74) is 0.603. The predicted molar refractivity (Wildman–Crippen MR) is 71.1 cm³/mol. The van der Waals surface area contributed by atoms with Crippen LogP contribution in [0.3, 0.4) is 0 Å². The largest absolute Gasteiger partial charge is 0.474 e. The molecule has 6 heteroatoms. The highest BCUT2D eigenvalue weighted by Gasteiger charge is 2.20. The summed E-state index contributed by atoms with van der Waals surface area (Å²) in [5.74, 6) is -0.272. The first-order valence-corrected chi connectivity index (χ1v) is 5.76. The lowest BCUT2D eigenvalue weighted by Gasteiger charge is -2.14. The van der Waals surface area contributed by atoms with Gasteiger partial charge in [-0.3, -0.25) is 14.9 Å². The summed E-state index contributed by atoms with van der Waals surface area (Å²) >= 11 is 0. The number of amides is 1. The molecule has 0 bridgehead atoms. The predicted octanol–water partition coefficient (Wildman–Crippen LogP) is 1.97. The minimum atomic E-state index is -0.818. The van der Waals surface area contributed by atoms with Crippen molar-refractivity contribution in [1.29, 1.82) is 0 Å². The van der Waals surface area contributed by atoms with Crippen molar-refractivity contribution < 1.29 is 14.5 Å². The second-order valence-electron chi connectivity index (χ2n) is 4.02. The average molecular weight is 264 g/mol. The fourth-order valence-corrected chi connectivity index (χ4v) is 1.43. The lowest BCUT2D eigenvalue weighted by molar-refractivity contribution is -0.386. The molecule has 0 aliphatic heterocycles. The third kappa shape index (κ3) is 4.09. The monoisotopic (exact) mass is 264 g/mol. The van der Waals surface area contributed by atoms with Crippen LogP contribution in [0, 0.1) is 17.0 Å². The van der Waals surface area contributed by atoms with Gasteiger partial charge in [0.1, 0.15) is 0 Å². The molecule has 102 valence electrons. The molecule has 1 atom stereocenters. The van der Waals surface area contributed by atoms with Gasteiger partial charge < -0.3 is 10.1 Å².